The van der Waals surface area contributed by atoms with E-state index in [0.29, 0.717) is 28.0 Å². The quantitative estimate of drug-likeness (QED) is 0.357. The Kier molecular flexibility index (Phi) is 4.44. The molecule has 0 bridgehead atoms. The second-order valence-electron chi connectivity index (χ2n) is 7.43. The molecule has 0 atom stereocenters. The van der Waals surface area contributed by atoms with Gasteiger partial charge in [0.15, 0.2) is 5.78 Å². The van der Waals surface area contributed by atoms with Crippen LogP contribution in [-0.4, -0.2) is 21.0 Å². The number of Topliss-reactive ketones (excluding diaryl/α,β-unsaturated/α-hetero) is 1. The van der Waals surface area contributed by atoms with Crippen LogP contribution in [0.4, 0.5) is 4.39 Å². The van der Waals surface area contributed by atoms with E-state index in [4.69, 9.17) is 0 Å². The average molecular weight is 408 g/mol. The van der Waals surface area contributed by atoms with Crippen LogP contribution in [0.25, 0.3) is 27.5 Å². The van der Waals surface area contributed by atoms with Crippen molar-refractivity contribution < 1.29 is 14.0 Å². The van der Waals surface area contributed by atoms with E-state index in [1.165, 1.54) is 31.2 Å². The van der Waals surface area contributed by atoms with Gasteiger partial charge < -0.3 is 0 Å². The first kappa shape index (κ1) is 18.9. The van der Waals surface area contributed by atoms with Gasteiger partial charge in [0, 0.05) is 16.7 Å². The van der Waals surface area contributed by atoms with Crippen molar-refractivity contribution in [1.82, 2.24) is 9.38 Å². The first-order valence-electron chi connectivity index (χ1n) is 9.83. The van der Waals surface area contributed by atoms with Crippen molar-refractivity contribution in [2.75, 3.05) is 0 Å². The van der Waals surface area contributed by atoms with Crippen molar-refractivity contribution in [3.05, 3.63) is 108 Å². The number of benzene rings is 3. The van der Waals surface area contributed by atoms with Crippen LogP contribution in [0.5, 0.6) is 0 Å². The smallest absolute Gasteiger partial charge is 0.209 e. The normalized spacial score (nSPS) is 11.2. The molecule has 0 aliphatic carbocycles. The summed E-state index contributed by atoms with van der Waals surface area (Å²) < 4.78 is 14.9. The number of ketones is 2. The van der Waals surface area contributed by atoms with Crippen LogP contribution in [0.3, 0.4) is 0 Å². The molecule has 2 aromatic heterocycles. The highest BCUT2D eigenvalue weighted by atomic mass is 19.1. The van der Waals surface area contributed by atoms with Crippen LogP contribution in [0.2, 0.25) is 0 Å². The van der Waals surface area contributed by atoms with Crippen molar-refractivity contribution >= 4 is 27.9 Å². The lowest BCUT2D eigenvalue weighted by Gasteiger charge is -2.07. The van der Waals surface area contributed by atoms with Gasteiger partial charge in [0.2, 0.25) is 5.78 Å². The van der Waals surface area contributed by atoms with Gasteiger partial charge in [0.25, 0.3) is 0 Å². The van der Waals surface area contributed by atoms with Gasteiger partial charge in [-0.2, -0.15) is 0 Å². The summed E-state index contributed by atoms with van der Waals surface area (Å²) in [6.07, 6.45) is 1.56. The van der Waals surface area contributed by atoms with Crippen LogP contribution >= 0.6 is 0 Å². The number of hydrogen-bond donors (Lipinski definition) is 0. The molecule has 0 saturated carbocycles. The number of nitrogens with zero attached hydrogens (tertiary/aromatic N) is 2. The molecule has 3 aromatic carbocycles. The topological polar surface area (TPSA) is 51.4 Å². The molecule has 31 heavy (non-hydrogen) atoms. The fraction of sp³-hybridized carbons (Fsp3) is 0.0385. The highest BCUT2D eigenvalue weighted by molar-refractivity contribution is 6.12. The Labute approximate surface area is 177 Å². The molecule has 0 radical (unpaired) electrons. The van der Waals surface area contributed by atoms with E-state index in [-0.39, 0.29) is 11.6 Å². The number of carbonyl (C=O) groups excluding carboxylic acids is 2. The van der Waals surface area contributed by atoms with Crippen LogP contribution in [0.1, 0.15) is 33.3 Å². The molecule has 5 aromatic rings. The fourth-order valence-corrected chi connectivity index (χ4v) is 3.81. The minimum Gasteiger partial charge on any atom is -0.296 e. The summed E-state index contributed by atoms with van der Waals surface area (Å²) in [6, 6.07) is 22.9. The molecule has 2 heterocycles. The first-order valence-corrected chi connectivity index (χ1v) is 9.83. The van der Waals surface area contributed by atoms with Gasteiger partial charge in [0.1, 0.15) is 12.1 Å². The molecule has 0 aliphatic heterocycles. The number of fused-ring (bicyclic) bond motifs is 2. The number of carbonyl (C=O) groups is 2. The van der Waals surface area contributed by atoms with Gasteiger partial charge >= 0.3 is 0 Å². The summed E-state index contributed by atoms with van der Waals surface area (Å²) in [4.78, 5) is 29.9. The lowest BCUT2D eigenvalue weighted by molar-refractivity contribution is 0.101. The van der Waals surface area contributed by atoms with Gasteiger partial charge in [-0.15, -0.1) is 0 Å². The van der Waals surface area contributed by atoms with E-state index in [1.54, 1.807) is 16.8 Å². The Morgan fingerprint density at radius 2 is 1.61 bits per heavy atom. The zero-order valence-electron chi connectivity index (χ0n) is 16.7. The molecule has 0 unspecified atom stereocenters. The van der Waals surface area contributed by atoms with Gasteiger partial charge in [-0.1, -0.05) is 36.4 Å². The van der Waals surface area contributed by atoms with E-state index >= 15 is 0 Å². The maximum absolute atomic E-state index is 13.2. The second kappa shape index (κ2) is 7.29. The fourth-order valence-electron chi connectivity index (χ4n) is 3.81. The van der Waals surface area contributed by atoms with Gasteiger partial charge in [-0.3, -0.25) is 14.0 Å². The maximum atomic E-state index is 13.2. The van der Waals surface area contributed by atoms with E-state index in [0.717, 1.165) is 16.3 Å². The molecule has 5 heteroatoms. The predicted octanol–water partition coefficient (Wildman–Crippen LogP) is 5.73. The van der Waals surface area contributed by atoms with Gasteiger partial charge in [-0.05, 0) is 60.2 Å². The van der Waals surface area contributed by atoms with Gasteiger partial charge in [-0.25, -0.2) is 9.37 Å². The molecule has 0 fully saturated rings. The monoisotopic (exact) mass is 408 g/mol. The minimum atomic E-state index is -0.414. The third-order valence-corrected chi connectivity index (χ3v) is 5.43. The van der Waals surface area contributed by atoms with Crippen molar-refractivity contribution in [2.24, 2.45) is 0 Å². The molecule has 150 valence electrons. The van der Waals surface area contributed by atoms with Crippen LogP contribution in [0.15, 0.2) is 85.2 Å². The molecular weight excluding hydrogens is 391 g/mol. The lowest BCUT2D eigenvalue weighted by Crippen LogP contribution is -2.05. The first-order chi connectivity index (χ1) is 15.0. The van der Waals surface area contributed by atoms with Crippen LogP contribution in [0, 0.1) is 5.82 Å². The van der Waals surface area contributed by atoms with Crippen molar-refractivity contribution in [2.45, 2.75) is 6.92 Å². The number of halogens is 1. The van der Waals surface area contributed by atoms with Crippen molar-refractivity contribution in [1.29, 1.82) is 0 Å². The molecule has 0 spiro atoms. The Hall–Kier alpha value is -4.12. The molecule has 4 nitrogen and oxygen atoms in total. The van der Waals surface area contributed by atoms with Crippen LogP contribution in [-0.2, 0) is 0 Å². The Balaban J connectivity index is 1.65. The van der Waals surface area contributed by atoms with Crippen LogP contribution < -0.4 is 0 Å². The summed E-state index contributed by atoms with van der Waals surface area (Å²) in [5.41, 5.74) is 3.33. The Morgan fingerprint density at radius 1 is 0.871 bits per heavy atom. The Bertz CT molecular complexity index is 1480. The molecular formula is C26H17FN2O2. The SMILES string of the molecule is CC(=O)c1cc(C(=O)c2ccc(F)cc2)n2cnc(-c3ccc4ccccc4c3)cc12. The molecule has 0 N–H and O–H groups in total. The zero-order chi connectivity index (χ0) is 21.5. The largest absolute Gasteiger partial charge is 0.296 e. The van der Waals surface area contributed by atoms with Gasteiger partial charge in [0.05, 0.1) is 16.9 Å². The second-order valence-corrected chi connectivity index (χ2v) is 7.43. The number of aromatic nitrogens is 2. The summed E-state index contributed by atoms with van der Waals surface area (Å²) in [5.74, 6) is -0.864. The predicted molar refractivity (Wildman–Crippen MR) is 118 cm³/mol. The third-order valence-electron chi connectivity index (χ3n) is 5.43. The minimum absolute atomic E-state index is 0.147. The molecule has 0 amide bonds. The summed E-state index contributed by atoms with van der Waals surface area (Å²) >= 11 is 0. The van der Waals surface area contributed by atoms with Crippen molar-refractivity contribution in [3.63, 3.8) is 0 Å². The molecule has 0 saturated heterocycles. The lowest BCUT2D eigenvalue weighted by atomic mass is 10.0. The number of rotatable bonds is 4. The average Bonchev–Trinajstić information content (AvgIpc) is 3.18. The third kappa shape index (κ3) is 3.30. The standard InChI is InChI=1S/C26H17FN2O2/c1-16(30)22-13-25(26(31)18-8-10-21(27)11-9-18)29-15-28-23(14-24(22)29)20-7-6-17-4-2-3-5-19(17)12-20/h2-15H,1H3. The maximum Gasteiger partial charge on any atom is 0.209 e. The van der Waals surface area contributed by atoms with E-state index in [9.17, 15) is 14.0 Å². The summed E-state index contributed by atoms with van der Waals surface area (Å²) in [6.45, 7) is 1.47. The van der Waals surface area contributed by atoms with Crippen molar-refractivity contribution in [3.8, 4) is 11.3 Å². The molecule has 5 rings (SSSR count). The highest BCUT2D eigenvalue weighted by Gasteiger charge is 2.20. The van der Waals surface area contributed by atoms with E-state index < -0.39 is 5.82 Å². The Morgan fingerprint density at radius 3 is 2.35 bits per heavy atom. The van der Waals surface area contributed by atoms with E-state index in [1.807, 2.05) is 42.5 Å². The zero-order valence-corrected chi connectivity index (χ0v) is 16.7. The summed E-state index contributed by atoms with van der Waals surface area (Å²) in [5, 5.41) is 2.22. The highest BCUT2D eigenvalue weighted by Crippen LogP contribution is 2.27. The molecule has 0 aliphatic rings. The summed E-state index contributed by atoms with van der Waals surface area (Å²) in [7, 11) is 0. The van der Waals surface area contributed by atoms with E-state index in [2.05, 4.69) is 11.1 Å². The number of hydrogen-bond acceptors (Lipinski definition) is 3.